The average Bonchev–Trinajstić information content (AvgIpc) is 2.34. The van der Waals surface area contributed by atoms with E-state index < -0.39 is 11.8 Å². The summed E-state index contributed by atoms with van der Waals surface area (Å²) in [7, 11) is 0. The van der Waals surface area contributed by atoms with Crippen molar-refractivity contribution in [2.75, 3.05) is 0 Å². The van der Waals surface area contributed by atoms with Gasteiger partial charge in [-0.05, 0) is 36.7 Å². The molecule has 21 heavy (non-hydrogen) atoms. The molecule has 0 saturated heterocycles. The van der Waals surface area contributed by atoms with Gasteiger partial charge in [-0.3, -0.25) is 0 Å². The Hall–Kier alpha value is -1.42. The van der Waals surface area contributed by atoms with Gasteiger partial charge < -0.3 is 9.84 Å². The standard InChI is InChI=1S/C17H23FO3/c1-11-7-13(9-17(2,3)8-11)21-10-12-5-4-6-14(15(12)18)16(19)20/h4-6,11,13H,7-10H2,1-3H3,(H,19,20). The Kier molecular flexibility index (Phi) is 4.67. The van der Waals surface area contributed by atoms with Gasteiger partial charge in [-0.15, -0.1) is 0 Å². The normalized spacial score (nSPS) is 24.8. The summed E-state index contributed by atoms with van der Waals surface area (Å²) in [6.07, 6.45) is 3.22. The van der Waals surface area contributed by atoms with Crippen LogP contribution in [0.5, 0.6) is 0 Å². The summed E-state index contributed by atoms with van der Waals surface area (Å²) < 4.78 is 19.9. The lowest BCUT2D eigenvalue weighted by Gasteiger charge is -2.38. The van der Waals surface area contributed by atoms with Crippen LogP contribution in [0.15, 0.2) is 18.2 Å². The monoisotopic (exact) mass is 294 g/mol. The Morgan fingerprint density at radius 3 is 2.76 bits per heavy atom. The molecular formula is C17H23FO3. The zero-order chi connectivity index (χ0) is 15.6. The molecule has 116 valence electrons. The first-order valence-electron chi connectivity index (χ1n) is 7.41. The molecular weight excluding hydrogens is 271 g/mol. The predicted molar refractivity (Wildman–Crippen MR) is 78.7 cm³/mol. The molecule has 2 unspecified atom stereocenters. The minimum Gasteiger partial charge on any atom is -0.478 e. The van der Waals surface area contributed by atoms with Gasteiger partial charge in [-0.25, -0.2) is 9.18 Å². The first kappa shape index (κ1) is 16.0. The van der Waals surface area contributed by atoms with Crippen molar-refractivity contribution < 1.29 is 19.0 Å². The summed E-state index contributed by atoms with van der Waals surface area (Å²) >= 11 is 0. The topological polar surface area (TPSA) is 46.5 Å². The van der Waals surface area contributed by atoms with Crippen molar-refractivity contribution in [2.24, 2.45) is 11.3 Å². The zero-order valence-corrected chi connectivity index (χ0v) is 12.9. The maximum absolute atomic E-state index is 14.0. The van der Waals surface area contributed by atoms with Crippen LogP contribution >= 0.6 is 0 Å². The molecule has 4 heteroatoms. The van der Waals surface area contributed by atoms with Gasteiger partial charge in [-0.2, -0.15) is 0 Å². The third-order valence-corrected chi connectivity index (χ3v) is 4.13. The van der Waals surface area contributed by atoms with Crippen molar-refractivity contribution in [3.05, 3.63) is 35.1 Å². The molecule has 0 radical (unpaired) electrons. The largest absolute Gasteiger partial charge is 0.478 e. The van der Waals surface area contributed by atoms with Gasteiger partial charge in [0.25, 0.3) is 0 Å². The number of carboxylic acids is 1. The second-order valence-electron chi connectivity index (χ2n) is 6.93. The second kappa shape index (κ2) is 6.14. The molecule has 1 aliphatic rings. The summed E-state index contributed by atoms with van der Waals surface area (Å²) in [4.78, 5) is 10.9. The quantitative estimate of drug-likeness (QED) is 0.902. The maximum atomic E-state index is 14.0. The molecule has 0 aromatic heterocycles. The van der Waals surface area contributed by atoms with Crippen LogP contribution in [0.3, 0.4) is 0 Å². The number of hydrogen-bond acceptors (Lipinski definition) is 2. The summed E-state index contributed by atoms with van der Waals surface area (Å²) in [6, 6.07) is 4.41. The highest BCUT2D eigenvalue weighted by Crippen LogP contribution is 2.39. The van der Waals surface area contributed by atoms with E-state index in [4.69, 9.17) is 9.84 Å². The number of halogens is 1. The average molecular weight is 294 g/mol. The van der Waals surface area contributed by atoms with Crippen LogP contribution in [0.1, 0.15) is 56.0 Å². The Labute approximate surface area is 125 Å². The van der Waals surface area contributed by atoms with Gasteiger partial charge in [0.15, 0.2) is 0 Å². The van der Waals surface area contributed by atoms with Crippen LogP contribution in [0.4, 0.5) is 4.39 Å². The van der Waals surface area contributed by atoms with E-state index in [0.29, 0.717) is 11.5 Å². The van der Waals surface area contributed by atoms with Gasteiger partial charge in [0.1, 0.15) is 5.82 Å². The molecule has 1 aromatic carbocycles. The van der Waals surface area contributed by atoms with Gasteiger partial charge in [0, 0.05) is 5.56 Å². The number of ether oxygens (including phenoxy) is 1. The van der Waals surface area contributed by atoms with Crippen LogP contribution in [-0.4, -0.2) is 17.2 Å². The fourth-order valence-corrected chi connectivity index (χ4v) is 3.45. The first-order valence-corrected chi connectivity index (χ1v) is 7.41. The molecule has 1 aromatic rings. The smallest absolute Gasteiger partial charge is 0.338 e. The number of carboxylic acid groups (broad SMARTS) is 1. The Morgan fingerprint density at radius 2 is 2.14 bits per heavy atom. The molecule has 1 saturated carbocycles. The van der Waals surface area contributed by atoms with Crippen molar-refractivity contribution in [1.29, 1.82) is 0 Å². The summed E-state index contributed by atoms with van der Waals surface area (Å²) in [6.45, 7) is 6.79. The highest BCUT2D eigenvalue weighted by atomic mass is 19.1. The van der Waals surface area contributed by atoms with Crippen molar-refractivity contribution in [3.8, 4) is 0 Å². The van der Waals surface area contributed by atoms with Crippen LogP contribution in [0.25, 0.3) is 0 Å². The van der Waals surface area contributed by atoms with Crippen LogP contribution in [0.2, 0.25) is 0 Å². The lowest BCUT2D eigenvalue weighted by Crippen LogP contribution is -2.32. The molecule has 0 aliphatic heterocycles. The summed E-state index contributed by atoms with van der Waals surface area (Å²) in [5.74, 6) is -1.34. The zero-order valence-electron chi connectivity index (χ0n) is 12.9. The number of aromatic carboxylic acids is 1. The first-order chi connectivity index (χ1) is 9.78. The molecule has 0 heterocycles. The summed E-state index contributed by atoms with van der Waals surface area (Å²) in [5.41, 5.74) is 0.253. The number of rotatable bonds is 4. The van der Waals surface area contributed by atoms with Gasteiger partial charge in [-0.1, -0.05) is 32.9 Å². The number of carbonyl (C=O) groups is 1. The summed E-state index contributed by atoms with van der Waals surface area (Å²) in [5, 5.41) is 8.93. The minimum absolute atomic E-state index is 0.108. The van der Waals surface area contributed by atoms with E-state index in [1.165, 1.54) is 12.5 Å². The molecule has 0 amide bonds. The maximum Gasteiger partial charge on any atom is 0.338 e. The molecule has 0 spiro atoms. The van der Waals surface area contributed by atoms with Gasteiger partial charge in [0.05, 0.1) is 18.3 Å². The highest BCUT2D eigenvalue weighted by Gasteiger charge is 2.32. The lowest BCUT2D eigenvalue weighted by atomic mass is 9.71. The fraction of sp³-hybridized carbons (Fsp3) is 0.588. The fourth-order valence-electron chi connectivity index (χ4n) is 3.45. The highest BCUT2D eigenvalue weighted by molar-refractivity contribution is 5.88. The van der Waals surface area contributed by atoms with Crippen LogP contribution < -0.4 is 0 Å². The van der Waals surface area contributed by atoms with E-state index in [2.05, 4.69) is 20.8 Å². The van der Waals surface area contributed by atoms with E-state index >= 15 is 0 Å². The molecule has 3 nitrogen and oxygen atoms in total. The van der Waals surface area contributed by atoms with Gasteiger partial charge in [0.2, 0.25) is 0 Å². The van der Waals surface area contributed by atoms with E-state index in [1.807, 2.05) is 0 Å². The van der Waals surface area contributed by atoms with E-state index in [1.54, 1.807) is 12.1 Å². The van der Waals surface area contributed by atoms with Crippen LogP contribution in [-0.2, 0) is 11.3 Å². The molecule has 0 bridgehead atoms. The van der Waals surface area contributed by atoms with E-state index in [0.717, 1.165) is 12.8 Å². The van der Waals surface area contributed by atoms with Crippen LogP contribution in [0, 0.1) is 17.2 Å². The predicted octanol–water partition coefficient (Wildman–Crippen LogP) is 4.26. The Morgan fingerprint density at radius 1 is 1.43 bits per heavy atom. The Balaban J connectivity index is 2.03. The minimum atomic E-state index is -1.25. The van der Waals surface area contributed by atoms with Crippen molar-refractivity contribution in [2.45, 2.75) is 52.7 Å². The molecule has 2 rings (SSSR count). The van der Waals surface area contributed by atoms with Crippen molar-refractivity contribution in [3.63, 3.8) is 0 Å². The second-order valence-corrected chi connectivity index (χ2v) is 6.93. The van der Waals surface area contributed by atoms with Gasteiger partial charge >= 0.3 is 5.97 Å². The molecule has 1 aliphatic carbocycles. The molecule has 1 N–H and O–H groups in total. The Bertz CT molecular complexity index is 525. The van der Waals surface area contributed by atoms with E-state index in [-0.39, 0.29) is 23.7 Å². The third kappa shape index (κ3) is 4.03. The van der Waals surface area contributed by atoms with E-state index in [9.17, 15) is 9.18 Å². The SMILES string of the molecule is CC1CC(OCc2cccc(C(=O)O)c2F)CC(C)(C)C1. The molecule has 1 fully saturated rings. The lowest BCUT2D eigenvalue weighted by molar-refractivity contribution is -0.0324. The van der Waals surface area contributed by atoms with Crippen molar-refractivity contribution >= 4 is 5.97 Å². The number of hydrogen-bond donors (Lipinski definition) is 1. The number of benzene rings is 1. The van der Waals surface area contributed by atoms with Crippen molar-refractivity contribution in [1.82, 2.24) is 0 Å². The third-order valence-electron chi connectivity index (χ3n) is 4.13. The molecule has 2 atom stereocenters.